The highest BCUT2D eigenvalue weighted by Gasteiger charge is 2.74. The van der Waals surface area contributed by atoms with E-state index in [9.17, 15) is 32.4 Å². The van der Waals surface area contributed by atoms with E-state index in [2.05, 4.69) is 16.0 Å². The van der Waals surface area contributed by atoms with Crippen molar-refractivity contribution in [2.24, 2.45) is 23.0 Å². The van der Waals surface area contributed by atoms with Crippen LogP contribution in [-0.4, -0.2) is 88.4 Å². The molecule has 2 saturated carbocycles. The molecule has 4 rings (SSSR count). The molecule has 45 heavy (non-hydrogen) atoms. The highest BCUT2D eigenvalue weighted by atomic mass is 35.5. The zero-order valence-electron chi connectivity index (χ0n) is 26.5. The van der Waals surface area contributed by atoms with Gasteiger partial charge < -0.3 is 26.6 Å². The minimum Gasteiger partial charge on any atom is -0.363 e. The number of unbranched alkanes of at least 4 members (excludes halogenated alkanes) is 1. The van der Waals surface area contributed by atoms with Crippen molar-refractivity contribution in [3.05, 3.63) is 0 Å². The summed E-state index contributed by atoms with van der Waals surface area (Å²) in [7, 11) is -3.37. The number of halogens is 2. The number of alkyl halides is 2. The zero-order valence-corrected chi connectivity index (χ0v) is 28.8. The number of nitrogens with one attached hydrogen (secondary N) is 3. The fourth-order valence-corrected chi connectivity index (χ4v) is 10.8. The molecule has 6 atom stereocenters. The number of carbonyl (C=O) groups excluding carboxylic acids is 5. The first-order valence-electron chi connectivity index (χ1n) is 16.0. The van der Waals surface area contributed by atoms with Gasteiger partial charge in [0.15, 0.2) is 9.84 Å². The van der Waals surface area contributed by atoms with Crippen LogP contribution in [-0.2, 0) is 29.0 Å². The van der Waals surface area contributed by atoms with E-state index in [0.29, 0.717) is 38.5 Å². The molecule has 2 heterocycles. The summed E-state index contributed by atoms with van der Waals surface area (Å²) in [5, 5.41) is 7.76. The van der Waals surface area contributed by atoms with Crippen LogP contribution in [0.1, 0.15) is 91.9 Å². The van der Waals surface area contributed by atoms with Crippen LogP contribution in [0.2, 0.25) is 0 Å². The van der Waals surface area contributed by atoms with Crippen molar-refractivity contribution in [3.63, 3.8) is 0 Å². The molecular weight excluding hydrogens is 645 g/mol. The SMILES string of the molecule is CCCCC(NC(=O)C1C2C(CN1C(=O)C(NC(=O)NC1(C3CCCS3(=O)=O)CCCCC1)C(C)(C)C)C2(Cl)Cl)C(=O)C(N)=O. The molecule has 5 N–H and O–H groups in total. The highest BCUT2D eigenvalue weighted by molar-refractivity contribution is 7.92. The minimum absolute atomic E-state index is 0.0537. The number of primary amides is 1. The quantitative estimate of drug-likeness (QED) is 0.189. The van der Waals surface area contributed by atoms with E-state index >= 15 is 0 Å². The number of urea groups is 1. The Balaban J connectivity index is 1.56. The molecule has 6 unspecified atom stereocenters. The lowest BCUT2D eigenvalue weighted by Crippen LogP contribution is -2.65. The lowest BCUT2D eigenvalue weighted by atomic mass is 9.78. The van der Waals surface area contributed by atoms with Gasteiger partial charge >= 0.3 is 6.03 Å². The van der Waals surface area contributed by atoms with Gasteiger partial charge in [-0.3, -0.25) is 19.2 Å². The predicted octanol–water partition coefficient (Wildman–Crippen LogP) is 2.34. The van der Waals surface area contributed by atoms with Crippen molar-refractivity contribution in [2.75, 3.05) is 12.3 Å². The van der Waals surface area contributed by atoms with Crippen molar-refractivity contribution < 1.29 is 32.4 Å². The fraction of sp³-hybridized carbons (Fsp3) is 0.833. The molecule has 4 aliphatic rings. The van der Waals surface area contributed by atoms with Crippen LogP contribution in [0, 0.1) is 17.3 Å². The first kappa shape index (κ1) is 35.7. The Labute approximate surface area is 275 Å². The minimum atomic E-state index is -3.37. The van der Waals surface area contributed by atoms with Gasteiger partial charge in [-0.15, -0.1) is 23.2 Å². The van der Waals surface area contributed by atoms with Crippen LogP contribution in [0.25, 0.3) is 0 Å². The van der Waals surface area contributed by atoms with Crippen molar-refractivity contribution >= 4 is 62.6 Å². The number of hydrogen-bond acceptors (Lipinski definition) is 7. The normalized spacial score (nSPS) is 29.2. The first-order chi connectivity index (χ1) is 20.9. The maximum absolute atomic E-state index is 14.2. The maximum Gasteiger partial charge on any atom is 0.315 e. The Morgan fingerprint density at radius 1 is 1.02 bits per heavy atom. The predicted molar refractivity (Wildman–Crippen MR) is 170 cm³/mol. The molecule has 0 bridgehead atoms. The lowest BCUT2D eigenvalue weighted by Gasteiger charge is -2.43. The van der Waals surface area contributed by atoms with Gasteiger partial charge in [0.2, 0.25) is 17.6 Å². The average Bonchev–Trinajstić information content (AvgIpc) is 3.27. The lowest BCUT2D eigenvalue weighted by molar-refractivity contribution is -0.144. The van der Waals surface area contributed by atoms with Crippen molar-refractivity contribution in [1.29, 1.82) is 0 Å². The van der Waals surface area contributed by atoms with Gasteiger partial charge in [-0.25, -0.2) is 13.2 Å². The summed E-state index contributed by atoms with van der Waals surface area (Å²) >= 11 is 13.0. The fourth-order valence-electron chi connectivity index (χ4n) is 7.57. The second-order valence-electron chi connectivity index (χ2n) is 14.3. The molecule has 0 radical (unpaired) electrons. The van der Waals surface area contributed by atoms with Gasteiger partial charge in [-0.2, -0.15) is 0 Å². The second kappa shape index (κ2) is 13.2. The monoisotopic (exact) mass is 691 g/mol. The Hall–Kier alpha value is -2.12. The summed E-state index contributed by atoms with van der Waals surface area (Å²) in [6.07, 6.45) is 6.08. The standard InChI is InChI=1S/C30H47Cl2N5O7S/c1-5-6-11-18(22(38)24(33)39)34-25(40)21-20-17(30(20,31)32)16-37(21)26(41)23(28(2,3)4)35-27(42)36-29(13-8-7-9-14-29)19-12-10-15-45(19,43)44/h17-21,23H,5-16H2,1-4H3,(H2,33,39)(H,34,40)(H2,35,36,42). The molecule has 2 saturated heterocycles. The van der Waals surface area contributed by atoms with Crippen LogP contribution in [0.4, 0.5) is 4.79 Å². The van der Waals surface area contributed by atoms with E-state index in [4.69, 9.17) is 28.9 Å². The highest BCUT2D eigenvalue weighted by Crippen LogP contribution is 2.65. The van der Waals surface area contributed by atoms with Crippen LogP contribution in [0.3, 0.4) is 0 Å². The van der Waals surface area contributed by atoms with E-state index in [0.717, 1.165) is 19.3 Å². The van der Waals surface area contributed by atoms with Crippen molar-refractivity contribution in [3.8, 4) is 0 Å². The van der Waals surface area contributed by atoms with E-state index < -0.39 is 89.9 Å². The molecule has 0 aromatic heterocycles. The molecule has 0 aromatic rings. The number of Topliss-reactive ketones (excluding diaryl/α,β-unsaturated/α-hetero) is 1. The summed E-state index contributed by atoms with van der Waals surface area (Å²) in [5.41, 5.74) is 3.50. The number of amides is 5. The number of nitrogens with two attached hydrogens (primary N) is 1. The summed E-state index contributed by atoms with van der Waals surface area (Å²) in [5.74, 6) is -4.25. The maximum atomic E-state index is 14.2. The second-order valence-corrected chi connectivity index (χ2v) is 18.0. The van der Waals surface area contributed by atoms with Crippen molar-refractivity contribution in [2.45, 2.75) is 125 Å². The molecule has 2 aliphatic heterocycles. The molecule has 0 aromatic carbocycles. The van der Waals surface area contributed by atoms with Crippen LogP contribution in [0.5, 0.6) is 0 Å². The number of rotatable bonds is 11. The topological polar surface area (TPSA) is 185 Å². The summed E-state index contributed by atoms with van der Waals surface area (Å²) < 4.78 is 24.7. The van der Waals surface area contributed by atoms with Gasteiger partial charge in [-0.1, -0.05) is 59.8 Å². The first-order valence-corrected chi connectivity index (χ1v) is 18.5. The number of carbonyl (C=O) groups is 5. The molecular formula is C30H47Cl2N5O7S. The van der Waals surface area contributed by atoms with Gasteiger partial charge in [0.05, 0.1) is 22.6 Å². The third-order valence-electron chi connectivity index (χ3n) is 10.0. The van der Waals surface area contributed by atoms with E-state index in [1.54, 1.807) is 20.8 Å². The largest absolute Gasteiger partial charge is 0.363 e. The molecule has 12 nitrogen and oxygen atoms in total. The van der Waals surface area contributed by atoms with Crippen LogP contribution >= 0.6 is 23.2 Å². The number of hydrogen-bond donors (Lipinski definition) is 4. The van der Waals surface area contributed by atoms with Gasteiger partial charge in [-0.05, 0) is 37.5 Å². The third kappa shape index (κ3) is 7.25. The summed E-state index contributed by atoms with van der Waals surface area (Å²) in [6, 6.07) is -4.06. The summed E-state index contributed by atoms with van der Waals surface area (Å²) in [4.78, 5) is 67.1. The number of ketones is 1. The third-order valence-corrected chi connectivity index (χ3v) is 13.5. The molecule has 0 spiro atoms. The van der Waals surface area contributed by atoms with Crippen LogP contribution in [0.15, 0.2) is 0 Å². The Morgan fingerprint density at radius 3 is 2.20 bits per heavy atom. The average molecular weight is 693 g/mol. The van der Waals surface area contributed by atoms with E-state index in [1.807, 2.05) is 6.92 Å². The summed E-state index contributed by atoms with van der Waals surface area (Å²) in [6.45, 7) is 7.28. The number of sulfone groups is 1. The van der Waals surface area contributed by atoms with Gasteiger partial charge in [0, 0.05) is 18.4 Å². The molecule has 5 amide bonds. The van der Waals surface area contributed by atoms with Crippen LogP contribution < -0.4 is 21.7 Å². The van der Waals surface area contributed by atoms with Gasteiger partial charge in [0.1, 0.15) is 16.4 Å². The number of fused-ring (bicyclic) bond motifs is 1. The Bertz CT molecular complexity index is 1310. The molecule has 2 aliphatic carbocycles. The number of likely N-dealkylation sites (tertiary alicyclic amines) is 1. The zero-order chi connectivity index (χ0) is 33.5. The number of piperidine rings is 1. The molecule has 15 heteroatoms. The van der Waals surface area contributed by atoms with E-state index in [1.165, 1.54) is 4.90 Å². The van der Waals surface area contributed by atoms with Gasteiger partial charge in [0.25, 0.3) is 5.91 Å². The molecule has 254 valence electrons. The van der Waals surface area contributed by atoms with Crippen molar-refractivity contribution in [1.82, 2.24) is 20.9 Å². The molecule has 4 fully saturated rings. The smallest absolute Gasteiger partial charge is 0.315 e. The Kier molecular flexibility index (Phi) is 10.5. The Morgan fingerprint density at radius 2 is 1.67 bits per heavy atom. The number of nitrogens with zero attached hydrogens (tertiary/aromatic N) is 1. The van der Waals surface area contributed by atoms with E-state index in [-0.39, 0.29) is 18.7 Å².